The lowest BCUT2D eigenvalue weighted by molar-refractivity contribution is 0.118. The number of piperazine rings is 1. The summed E-state index contributed by atoms with van der Waals surface area (Å²) in [5.41, 5.74) is 2.95. The van der Waals surface area contributed by atoms with E-state index in [1.165, 1.54) is 4.90 Å². The molecule has 2 N–H and O–H groups in total. The molecule has 0 radical (unpaired) electrons. The summed E-state index contributed by atoms with van der Waals surface area (Å²) in [5.74, 6) is 0.758. The Kier molecular flexibility index (Phi) is 13.0. The summed E-state index contributed by atoms with van der Waals surface area (Å²) in [6, 6.07) is 15.4. The average molecular weight is 777 g/mol. The first-order chi connectivity index (χ1) is 26.0. The van der Waals surface area contributed by atoms with Gasteiger partial charge in [0.25, 0.3) is 0 Å². The lowest BCUT2D eigenvalue weighted by Gasteiger charge is -2.41. The highest BCUT2D eigenvalue weighted by atomic mass is 35.5. The summed E-state index contributed by atoms with van der Waals surface area (Å²) in [6.45, 7) is 12.6. The number of alkyl carbamates (subject to hydrolysis) is 1. The van der Waals surface area contributed by atoms with Crippen LogP contribution >= 0.6 is 11.6 Å². The highest BCUT2D eigenvalue weighted by Crippen LogP contribution is 2.37. The smallest absolute Gasteiger partial charge is 0.407 e. The van der Waals surface area contributed by atoms with Gasteiger partial charge in [-0.15, -0.1) is 0 Å². The summed E-state index contributed by atoms with van der Waals surface area (Å²) in [7, 11) is -1.24. The number of likely N-dealkylation sites (tertiary alicyclic amines) is 1. The molecule has 4 heterocycles. The van der Waals surface area contributed by atoms with E-state index in [0.29, 0.717) is 56.8 Å². The molecule has 13 nitrogen and oxygen atoms in total. The number of carbonyl (C=O) groups excluding carboxylic acids is 1. The number of nitrogens with zero attached hydrogens (tertiary/aromatic N) is 7. The van der Waals surface area contributed by atoms with Crippen molar-refractivity contribution >= 4 is 54.1 Å². The molecule has 0 aliphatic carbocycles. The number of aromatic nitrogens is 2. The van der Waals surface area contributed by atoms with Crippen molar-refractivity contribution in [3.63, 3.8) is 0 Å². The third-order valence-corrected chi connectivity index (χ3v) is 12.7. The van der Waals surface area contributed by atoms with E-state index in [0.717, 1.165) is 84.9 Å². The Morgan fingerprint density at radius 1 is 1.06 bits per heavy atom. The summed E-state index contributed by atoms with van der Waals surface area (Å²) in [4.78, 5) is 42.3. The van der Waals surface area contributed by atoms with Gasteiger partial charge in [0.1, 0.15) is 12.4 Å². The number of rotatable bonds is 14. The molecule has 2 amide bonds. The van der Waals surface area contributed by atoms with Gasteiger partial charge in [-0.25, -0.2) is 9.59 Å². The molecule has 2 aromatic carbocycles. The van der Waals surface area contributed by atoms with Gasteiger partial charge in [-0.1, -0.05) is 55.5 Å². The molecule has 290 valence electrons. The summed E-state index contributed by atoms with van der Waals surface area (Å²) < 4.78 is 11.8. The number of fused-ring (bicyclic) bond motifs is 2. The van der Waals surface area contributed by atoms with Crippen molar-refractivity contribution in [1.29, 1.82) is 5.26 Å². The fourth-order valence-electron chi connectivity index (χ4n) is 7.72. The van der Waals surface area contributed by atoms with Gasteiger partial charge < -0.3 is 34.6 Å². The van der Waals surface area contributed by atoms with Gasteiger partial charge in [-0.2, -0.15) is 15.2 Å². The van der Waals surface area contributed by atoms with Gasteiger partial charge in [0, 0.05) is 63.5 Å². The number of nitrogens with one attached hydrogen (secondary N) is 1. The molecule has 6 rings (SSSR count). The van der Waals surface area contributed by atoms with Crippen molar-refractivity contribution < 1.29 is 24.2 Å². The van der Waals surface area contributed by atoms with Crippen molar-refractivity contribution in [1.82, 2.24) is 25.1 Å². The van der Waals surface area contributed by atoms with Gasteiger partial charge in [-0.05, 0) is 68.8 Å². The van der Waals surface area contributed by atoms with Crippen molar-refractivity contribution in [2.75, 3.05) is 68.8 Å². The molecule has 15 heteroatoms. The van der Waals surface area contributed by atoms with Crippen LogP contribution in [-0.2, 0) is 17.7 Å². The molecule has 2 atom stereocenters. The molecular weight excluding hydrogens is 724 g/mol. The topological polar surface area (TPSA) is 147 Å². The number of hydrogen-bond acceptors (Lipinski definition) is 10. The van der Waals surface area contributed by atoms with E-state index < -0.39 is 20.2 Å². The molecule has 3 aliphatic rings. The number of halogens is 1. The van der Waals surface area contributed by atoms with Crippen molar-refractivity contribution in [2.24, 2.45) is 0 Å². The number of carbonyl (C=O) groups is 2. The molecular formula is C39H53ClN8O5Si. The minimum absolute atomic E-state index is 0.103. The minimum Gasteiger partial charge on any atom is -0.465 e. The first-order valence-corrected chi connectivity index (χ1v) is 23.3. The molecule has 2 saturated heterocycles. The Morgan fingerprint density at radius 2 is 1.87 bits per heavy atom. The fourth-order valence-corrected chi connectivity index (χ4v) is 8.71. The molecule has 2 unspecified atom stereocenters. The van der Waals surface area contributed by atoms with Crippen LogP contribution in [0.1, 0.15) is 43.4 Å². The number of benzene rings is 2. The number of anilines is 2. The highest BCUT2D eigenvalue weighted by Gasteiger charge is 2.34. The maximum Gasteiger partial charge on any atom is 0.407 e. The zero-order chi connectivity index (χ0) is 38.2. The minimum atomic E-state index is -1.24. The number of ether oxygens (including phenoxy) is 2. The van der Waals surface area contributed by atoms with Gasteiger partial charge in [0.2, 0.25) is 0 Å². The van der Waals surface area contributed by atoms with Crippen LogP contribution in [0.3, 0.4) is 0 Å². The molecule has 0 saturated carbocycles. The Balaban J connectivity index is 1.14. The van der Waals surface area contributed by atoms with Crippen LogP contribution < -0.4 is 19.9 Å². The second kappa shape index (κ2) is 17.9. The SMILES string of the molecule is C[Si](C)(C)CCOC(=O)NCCCCN1CCCC1COc1nc2c(c(N3CCN(C(=O)O)C(CC#N)C3)n1)CCN(c1cccc3cccc(Cl)c13)C2. The number of unbranched alkanes of at least 4 members (excludes halogenated alkanes) is 1. The molecule has 1 aromatic heterocycles. The standard InChI is InChI=1S/C39H53ClN8O5Si/c1-54(2,3)24-23-52-38(49)42-17-4-5-18-45-19-8-11-30(45)27-53-37-43-33-26-46(34-13-7-10-28-9-6-12-32(40)35(28)34)20-15-31(33)36(44-37)47-21-22-48(39(50)51)29(25-47)14-16-41/h6-7,9-10,12-13,29-30H,4-5,8,11,14-15,17-27H2,1-3H3,(H,42,49)(H,50,51). The lowest BCUT2D eigenvalue weighted by Crippen LogP contribution is -2.55. The second-order valence-electron chi connectivity index (χ2n) is 15.7. The van der Waals surface area contributed by atoms with Crippen LogP contribution in [0.15, 0.2) is 36.4 Å². The van der Waals surface area contributed by atoms with E-state index in [1.807, 2.05) is 12.1 Å². The molecule has 2 fully saturated rings. The first-order valence-electron chi connectivity index (χ1n) is 19.2. The van der Waals surface area contributed by atoms with Crippen LogP contribution in [0, 0.1) is 11.3 Å². The number of carboxylic acid groups (broad SMARTS) is 1. The normalized spacial score (nSPS) is 19.1. The van der Waals surface area contributed by atoms with Gasteiger partial charge in [-0.3, -0.25) is 4.90 Å². The monoisotopic (exact) mass is 776 g/mol. The summed E-state index contributed by atoms with van der Waals surface area (Å²) in [6.07, 6.45) is 3.36. The zero-order valence-corrected chi connectivity index (χ0v) is 33.5. The molecule has 0 bridgehead atoms. The third kappa shape index (κ3) is 9.85. The van der Waals surface area contributed by atoms with Crippen LogP contribution in [0.4, 0.5) is 21.1 Å². The van der Waals surface area contributed by atoms with Gasteiger partial charge in [0.15, 0.2) is 0 Å². The predicted molar refractivity (Wildman–Crippen MR) is 214 cm³/mol. The highest BCUT2D eigenvalue weighted by molar-refractivity contribution is 6.76. The molecule has 3 aliphatic heterocycles. The van der Waals surface area contributed by atoms with Crippen molar-refractivity contribution in [3.05, 3.63) is 52.7 Å². The predicted octanol–water partition coefficient (Wildman–Crippen LogP) is 6.62. The zero-order valence-electron chi connectivity index (χ0n) is 31.7. The van der Waals surface area contributed by atoms with E-state index >= 15 is 0 Å². The van der Waals surface area contributed by atoms with Gasteiger partial charge >= 0.3 is 18.2 Å². The fraction of sp³-hybridized carbons (Fsp3) is 0.564. The van der Waals surface area contributed by atoms with Crippen LogP contribution in [0.25, 0.3) is 10.8 Å². The van der Waals surface area contributed by atoms with Crippen LogP contribution in [0.2, 0.25) is 30.7 Å². The lowest BCUT2D eigenvalue weighted by atomic mass is 10.0. The number of nitriles is 1. The van der Waals surface area contributed by atoms with E-state index in [1.54, 1.807) is 0 Å². The van der Waals surface area contributed by atoms with Crippen LogP contribution in [0.5, 0.6) is 6.01 Å². The average Bonchev–Trinajstić information content (AvgIpc) is 3.59. The Hall–Kier alpha value is -4.32. The van der Waals surface area contributed by atoms with Crippen LogP contribution in [-0.4, -0.2) is 116 Å². The van der Waals surface area contributed by atoms with E-state index in [2.05, 4.69) is 70.0 Å². The van der Waals surface area contributed by atoms with E-state index in [9.17, 15) is 20.0 Å². The van der Waals surface area contributed by atoms with Gasteiger partial charge in [0.05, 0.1) is 42.4 Å². The third-order valence-electron chi connectivity index (χ3n) is 10.7. The summed E-state index contributed by atoms with van der Waals surface area (Å²) >= 11 is 6.74. The summed E-state index contributed by atoms with van der Waals surface area (Å²) in [5, 5.41) is 25.0. The van der Waals surface area contributed by atoms with Crippen molar-refractivity contribution in [3.8, 4) is 12.1 Å². The second-order valence-corrected chi connectivity index (χ2v) is 21.7. The van der Waals surface area contributed by atoms with Crippen molar-refractivity contribution in [2.45, 2.75) is 82.8 Å². The Bertz CT molecular complexity index is 1830. The number of hydrogen-bond donors (Lipinski definition) is 2. The maximum absolute atomic E-state index is 12.1. The molecule has 54 heavy (non-hydrogen) atoms. The number of amides is 2. The maximum atomic E-state index is 12.1. The largest absolute Gasteiger partial charge is 0.465 e. The Morgan fingerprint density at radius 3 is 2.65 bits per heavy atom. The molecule has 0 spiro atoms. The first kappa shape index (κ1) is 39.4. The van der Waals surface area contributed by atoms with E-state index in [4.69, 9.17) is 31.0 Å². The Labute approximate surface area is 324 Å². The quantitative estimate of drug-likeness (QED) is 0.135. The van der Waals surface area contributed by atoms with E-state index in [-0.39, 0.29) is 25.1 Å². The molecule has 3 aromatic rings.